The fraction of sp³-hybridized carbons (Fsp3) is 0.929. The average molecular weight is 240 g/mol. The summed E-state index contributed by atoms with van der Waals surface area (Å²) in [6, 6.07) is 0.637. The Morgan fingerprint density at radius 3 is 2.06 bits per heavy atom. The lowest BCUT2D eigenvalue weighted by molar-refractivity contribution is -0.123. The van der Waals surface area contributed by atoms with Crippen LogP contribution >= 0.6 is 0 Å². The highest BCUT2D eigenvalue weighted by molar-refractivity contribution is 5.81. The lowest BCUT2D eigenvalue weighted by Gasteiger charge is -2.33. The molecule has 3 atom stereocenters. The molecule has 0 spiro atoms. The highest BCUT2D eigenvalue weighted by Crippen LogP contribution is 2.28. The zero-order valence-corrected chi connectivity index (χ0v) is 11.9. The van der Waals surface area contributed by atoms with Crippen molar-refractivity contribution in [3.05, 3.63) is 0 Å². The zero-order chi connectivity index (χ0) is 13.0. The van der Waals surface area contributed by atoms with E-state index in [9.17, 15) is 4.79 Å². The summed E-state index contributed by atoms with van der Waals surface area (Å²) in [5, 5.41) is 6.43. The van der Waals surface area contributed by atoms with Gasteiger partial charge >= 0.3 is 0 Å². The molecule has 0 aromatic heterocycles. The van der Waals surface area contributed by atoms with Gasteiger partial charge in [0.1, 0.15) is 0 Å². The summed E-state index contributed by atoms with van der Waals surface area (Å²) in [5.41, 5.74) is 0. The highest BCUT2D eigenvalue weighted by Gasteiger charge is 2.26. The van der Waals surface area contributed by atoms with E-state index in [0.717, 1.165) is 11.8 Å². The van der Waals surface area contributed by atoms with Gasteiger partial charge in [0.25, 0.3) is 0 Å². The van der Waals surface area contributed by atoms with Crippen LogP contribution in [0.15, 0.2) is 0 Å². The van der Waals surface area contributed by atoms with E-state index in [0.29, 0.717) is 6.04 Å². The third-order valence-corrected chi connectivity index (χ3v) is 3.49. The number of hydrogen-bond donors (Lipinski definition) is 2. The van der Waals surface area contributed by atoms with Gasteiger partial charge in [-0.1, -0.05) is 13.8 Å². The summed E-state index contributed by atoms with van der Waals surface area (Å²) in [4.78, 5) is 11.8. The molecule has 0 aromatic carbocycles. The Balaban J connectivity index is 2.39. The van der Waals surface area contributed by atoms with E-state index in [1.807, 2.05) is 20.8 Å². The molecule has 2 N–H and O–H groups in total. The van der Waals surface area contributed by atoms with Gasteiger partial charge in [0.2, 0.25) is 5.91 Å². The molecule has 0 bridgehead atoms. The molecule has 1 rings (SSSR count). The van der Waals surface area contributed by atoms with Crippen LogP contribution in [0.4, 0.5) is 0 Å². The average Bonchev–Trinajstić information content (AvgIpc) is 2.14. The number of carbonyl (C=O) groups excluding carboxylic acids is 1. The summed E-state index contributed by atoms with van der Waals surface area (Å²) in [5.74, 6) is 1.67. The fourth-order valence-corrected chi connectivity index (χ4v) is 2.92. The van der Waals surface area contributed by atoms with Crippen LogP contribution in [0, 0.1) is 11.8 Å². The molecule has 3 unspecified atom stereocenters. The molecule has 17 heavy (non-hydrogen) atoms. The Morgan fingerprint density at radius 1 is 1.06 bits per heavy atom. The molecule has 1 amide bonds. The van der Waals surface area contributed by atoms with E-state index >= 15 is 0 Å². The quantitative estimate of drug-likeness (QED) is 0.792. The molecule has 1 fully saturated rings. The van der Waals surface area contributed by atoms with Crippen molar-refractivity contribution < 1.29 is 4.79 Å². The molecule has 1 aliphatic rings. The van der Waals surface area contributed by atoms with Crippen LogP contribution in [0.5, 0.6) is 0 Å². The Morgan fingerprint density at radius 2 is 1.59 bits per heavy atom. The van der Waals surface area contributed by atoms with Gasteiger partial charge in [0.05, 0.1) is 6.04 Å². The van der Waals surface area contributed by atoms with Crippen molar-refractivity contribution in [3.8, 4) is 0 Å². The maximum absolute atomic E-state index is 11.8. The van der Waals surface area contributed by atoms with Crippen molar-refractivity contribution in [2.24, 2.45) is 11.8 Å². The predicted octanol–water partition coefficient (Wildman–Crippen LogP) is 2.31. The molecule has 0 aromatic rings. The number of hydrogen-bond acceptors (Lipinski definition) is 2. The number of carbonyl (C=O) groups is 1. The van der Waals surface area contributed by atoms with Crippen molar-refractivity contribution in [3.63, 3.8) is 0 Å². The van der Waals surface area contributed by atoms with Crippen LogP contribution in [-0.4, -0.2) is 24.0 Å². The van der Waals surface area contributed by atoms with Gasteiger partial charge in [0, 0.05) is 12.1 Å². The smallest absolute Gasteiger partial charge is 0.237 e. The standard InChI is InChI=1S/C14H28N2O/c1-9(2)15-14(17)12(5)16-13-7-10(3)6-11(4)8-13/h9-13,16H,6-8H2,1-5H3,(H,15,17). The molecule has 1 aliphatic carbocycles. The number of amides is 1. The third-order valence-electron chi connectivity index (χ3n) is 3.49. The van der Waals surface area contributed by atoms with E-state index < -0.39 is 0 Å². The van der Waals surface area contributed by atoms with E-state index in [1.54, 1.807) is 0 Å². The van der Waals surface area contributed by atoms with Gasteiger partial charge in [-0.25, -0.2) is 0 Å². The molecule has 3 nitrogen and oxygen atoms in total. The molecule has 0 heterocycles. The Labute approximate surface area is 106 Å². The van der Waals surface area contributed by atoms with Gasteiger partial charge in [-0.15, -0.1) is 0 Å². The third kappa shape index (κ3) is 5.07. The first-order valence-corrected chi connectivity index (χ1v) is 6.95. The second-order valence-electron chi connectivity index (χ2n) is 6.17. The molecule has 0 aliphatic heterocycles. The topological polar surface area (TPSA) is 41.1 Å². The normalized spacial score (nSPS) is 31.3. The van der Waals surface area contributed by atoms with Crippen LogP contribution in [-0.2, 0) is 4.79 Å². The van der Waals surface area contributed by atoms with E-state index in [1.165, 1.54) is 19.3 Å². The minimum atomic E-state index is -0.0834. The van der Waals surface area contributed by atoms with Gasteiger partial charge in [-0.2, -0.15) is 0 Å². The molecule has 1 saturated carbocycles. The molecular weight excluding hydrogens is 212 g/mol. The minimum Gasteiger partial charge on any atom is -0.353 e. The van der Waals surface area contributed by atoms with Gasteiger partial charge in [0.15, 0.2) is 0 Å². The van der Waals surface area contributed by atoms with Crippen molar-refractivity contribution in [1.82, 2.24) is 10.6 Å². The first kappa shape index (κ1) is 14.5. The minimum absolute atomic E-state index is 0.0834. The van der Waals surface area contributed by atoms with E-state index in [-0.39, 0.29) is 18.0 Å². The second-order valence-corrected chi connectivity index (χ2v) is 6.17. The lowest BCUT2D eigenvalue weighted by Crippen LogP contribution is -2.49. The summed E-state index contributed by atoms with van der Waals surface area (Å²) in [6.45, 7) is 10.6. The van der Waals surface area contributed by atoms with Crippen LogP contribution in [0.3, 0.4) is 0 Å². The van der Waals surface area contributed by atoms with E-state index in [2.05, 4.69) is 24.5 Å². The predicted molar refractivity (Wildman–Crippen MR) is 71.8 cm³/mol. The summed E-state index contributed by atoms with van der Waals surface area (Å²) < 4.78 is 0. The molecular formula is C14H28N2O. The highest BCUT2D eigenvalue weighted by atomic mass is 16.2. The largest absolute Gasteiger partial charge is 0.353 e. The second kappa shape index (κ2) is 6.39. The van der Waals surface area contributed by atoms with Crippen molar-refractivity contribution in [2.45, 2.75) is 72.0 Å². The van der Waals surface area contributed by atoms with Gasteiger partial charge in [-0.05, 0) is 51.9 Å². The SMILES string of the molecule is CC1CC(C)CC(NC(C)C(=O)NC(C)C)C1. The summed E-state index contributed by atoms with van der Waals surface area (Å²) in [6.07, 6.45) is 3.72. The summed E-state index contributed by atoms with van der Waals surface area (Å²) >= 11 is 0. The van der Waals surface area contributed by atoms with Gasteiger partial charge < -0.3 is 10.6 Å². The van der Waals surface area contributed by atoms with Crippen molar-refractivity contribution in [1.29, 1.82) is 0 Å². The molecule has 0 saturated heterocycles. The first-order valence-electron chi connectivity index (χ1n) is 6.95. The Bertz CT molecular complexity index is 243. The van der Waals surface area contributed by atoms with Crippen LogP contribution in [0.25, 0.3) is 0 Å². The Kier molecular flexibility index (Phi) is 5.44. The Hall–Kier alpha value is -0.570. The van der Waals surface area contributed by atoms with Crippen LogP contribution in [0.1, 0.15) is 53.9 Å². The molecule has 3 heteroatoms. The van der Waals surface area contributed by atoms with Crippen LogP contribution in [0.2, 0.25) is 0 Å². The molecule has 0 radical (unpaired) electrons. The number of rotatable bonds is 4. The lowest BCUT2D eigenvalue weighted by atomic mass is 9.80. The maximum atomic E-state index is 11.8. The van der Waals surface area contributed by atoms with Crippen molar-refractivity contribution in [2.75, 3.05) is 0 Å². The number of nitrogens with one attached hydrogen (secondary N) is 2. The fourth-order valence-electron chi connectivity index (χ4n) is 2.92. The van der Waals surface area contributed by atoms with E-state index in [4.69, 9.17) is 0 Å². The molecule has 100 valence electrons. The monoisotopic (exact) mass is 240 g/mol. The van der Waals surface area contributed by atoms with Crippen LogP contribution < -0.4 is 10.6 Å². The van der Waals surface area contributed by atoms with Gasteiger partial charge in [-0.3, -0.25) is 4.79 Å². The van der Waals surface area contributed by atoms with Crippen molar-refractivity contribution >= 4 is 5.91 Å². The first-order chi connectivity index (χ1) is 7.88. The maximum Gasteiger partial charge on any atom is 0.237 e. The zero-order valence-electron chi connectivity index (χ0n) is 11.9. The summed E-state index contributed by atoms with van der Waals surface area (Å²) in [7, 11) is 0.